The minimum Gasteiger partial charge on any atom is -0.388 e. The minimum absolute atomic E-state index is 0.0123. The molecule has 0 saturated carbocycles. The van der Waals surface area contributed by atoms with Crippen LogP contribution in [-0.2, 0) is 4.79 Å². The van der Waals surface area contributed by atoms with Gasteiger partial charge in [-0.3, -0.25) is 4.79 Å². The molecule has 0 radical (unpaired) electrons. The quantitative estimate of drug-likeness (QED) is 0.496. The van der Waals surface area contributed by atoms with Gasteiger partial charge in [0.25, 0.3) is 0 Å². The molecule has 0 aliphatic carbocycles. The van der Waals surface area contributed by atoms with Crippen LogP contribution in [0.5, 0.6) is 0 Å². The zero-order chi connectivity index (χ0) is 9.56. The van der Waals surface area contributed by atoms with Gasteiger partial charge in [-0.05, 0) is 13.0 Å². The SMILES string of the molecule is C=C/C(=C\C(=O)N(C)CC)NC. The van der Waals surface area contributed by atoms with Crippen LogP contribution in [0.15, 0.2) is 24.4 Å². The van der Waals surface area contributed by atoms with Crippen LogP contribution in [-0.4, -0.2) is 31.4 Å². The molecule has 0 unspecified atom stereocenters. The van der Waals surface area contributed by atoms with Crippen molar-refractivity contribution in [2.75, 3.05) is 20.6 Å². The highest BCUT2D eigenvalue weighted by molar-refractivity contribution is 5.88. The molecule has 0 fully saturated rings. The molecule has 68 valence electrons. The monoisotopic (exact) mass is 168 g/mol. The molecular formula is C9H16N2O. The second-order valence-corrected chi connectivity index (χ2v) is 2.41. The number of hydrogen-bond donors (Lipinski definition) is 1. The first-order chi connectivity index (χ1) is 5.65. The molecule has 0 bridgehead atoms. The molecule has 3 heteroatoms. The predicted molar refractivity (Wildman–Crippen MR) is 50.7 cm³/mol. The number of hydrogen-bond acceptors (Lipinski definition) is 2. The summed E-state index contributed by atoms with van der Waals surface area (Å²) in [5.41, 5.74) is 0.736. The number of amides is 1. The van der Waals surface area contributed by atoms with E-state index in [1.807, 2.05) is 6.92 Å². The molecule has 12 heavy (non-hydrogen) atoms. The Balaban J connectivity index is 4.30. The van der Waals surface area contributed by atoms with Gasteiger partial charge >= 0.3 is 0 Å². The van der Waals surface area contributed by atoms with Crippen LogP contribution in [0.3, 0.4) is 0 Å². The molecule has 1 amide bonds. The molecule has 0 rings (SSSR count). The Labute approximate surface area is 73.8 Å². The number of allylic oxidation sites excluding steroid dienone is 1. The topological polar surface area (TPSA) is 32.3 Å². The van der Waals surface area contributed by atoms with Gasteiger partial charge in [0, 0.05) is 32.4 Å². The van der Waals surface area contributed by atoms with E-state index in [-0.39, 0.29) is 5.91 Å². The lowest BCUT2D eigenvalue weighted by Crippen LogP contribution is -2.25. The number of nitrogens with one attached hydrogen (secondary N) is 1. The lowest BCUT2D eigenvalue weighted by atomic mass is 10.3. The Kier molecular flexibility index (Phi) is 4.84. The van der Waals surface area contributed by atoms with Crippen LogP contribution in [0, 0.1) is 0 Å². The van der Waals surface area contributed by atoms with E-state index in [1.54, 1.807) is 25.1 Å². The maximum atomic E-state index is 11.3. The smallest absolute Gasteiger partial charge is 0.248 e. The van der Waals surface area contributed by atoms with E-state index < -0.39 is 0 Å². The highest BCUT2D eigenvalue weighted by Crippen LogP contribution is 1.92. The normalized spacial score (nSPS) is 10.8. The second kappa shape index (κ2) is 5.41. The highest BCUT2D eigenvalue weighted by Gasteiger charge is 2.02. The maximum Gasteiger partial charge on any atom is 0.248 e. The van der Waals surface area contributed by atoms with E-state index in [2.05, 4.69) is 11.9 Å². The fraction of sp³-hybridized carbons (Fsp3) is 0.444. The zero-order valence-electron chi connectivity index (χ0n) is 7.92. The molecule has 1 N–H and O–H groups in total. The largest absolute Gasteiger partial charge is 0.388 e. The van der Waals surface area contributed by atoms with Gasteiger partial charge in [-0.25, -0.2) is 0 Å². The molecule has 0 aromatic heterocycles. The number of carbonyl (C=O) groups is 1. The Morgan fingerprint density at radius 3 is 2.58 bits per heavy atom. The minimum atomic E-state index is -0.0123. The van der Waals surface area contributed by atoms with Crippen LogP contribution < -0.4 is 5.32 Å². The third-order valence-corrected chi connectivity index (χ3v) is 1.64. The predicted octanol–water partition coefficient (Wildman–Crippen LogP) is 0.754. The molecule has 0 spiro atoms. The average molecular weight is 168 g/mol. The molecule has 0 aromatic rings. The summed E-state index contributed by atoms with van der Waals surface area (Å²) < 4.78 is 0. The van der Waals surface area contributed by atoms with Crippen LogP contribution >= 0.6 is 0 Å². The molecule has 0 atom stereocenters. The second-order valence-electron chi connectivity index (χ2n) is 2.41. The van der Waals surface area contributed by atoms with Crippen molar-refractivity contribution in [2.24, 2.45) is 0 Å². The van der Waals surface area contributed by atoms with E-state index in [1.165, 1.54) is 6.08 Å². The number of carbonyl (C=O) groups excluding carboxylic acids is 1. The molecule has 0 aromatic carbocycles. The van der Waals surface area contributed by atoms with Crippen LogP contribution in [0.4, 0.5) is 0 Å². The van der Waals surface area contributed by atoms with Crippen LogP contribution in [0.2, 0.25) is 0 Å². The van der Waals surface area contributed by atoms with Crippen molar-refractivity contribution in [3.05, 3.63) is 24.4 Å². The van der Waals surface area contributed by atoms with E-state index in [9.17, 15) is 4.79 Å². The van der Waals surface area contributed by atoms with Gasteiger partial charge in [-0.2, -0.15) is 0 Å². The summed E-state index contributed by atoms with van der Waals surface area (Å²) in [7, 11) is 3.52. The Morgan fingerprint density at radius 1 is 1.67 bits per heavy atom. The molecular weight excluding hydrogens is 152 g/mol. The third kappa shape index (κ3) is 3.23. The van der Waals surface area contributed by atoms with Crippen molar-refractivity contribution in [1.82, 2.24) is 10.2 Å². The molecule has 0 heterocycles. The van der Waals surface area contributed by atoms with E-state index in [4.69, 9.17) is 0 Å². The Morgan fingerprint density at radius 2 is 2.25 bits per heavy atom. The van der Waals surface area contributed by atoms with Gasteiger partial charge in [-0.15, -0.1) is 0 Å². The Hall–Kier alpha value is -1.25. The number of nitrogens with zero attached hydrogens (tertiary/aromatic N) is 1. The summed E-state index contributed by atoms with van der Waals surface area (Å²) in [4.78, 5) is 12.9. The molecule has 0 aliphatic rings. The van der Waals surface area contributed by atoms with Crippen molar-refractivity contribution >= 4 is 5.91 Å². The maximum absolute atomic E-state index is 11.3. The Bertz CT molecular complexity index is 197. The number of rotatable bonds is 4. The summed E-state index contributed by atoms with van der Waals surface area (Å²) in [6.45, 7) is 6.21. The summed E-state index contributed by atoms with van der Waals surface area (Å²) in [5, 5.41) is 2.86. The summed E-state index contributed by atoms with van der Waals surface area (Å²) in [6, 6.07) is 0. The van der Waals surface area contributed by atoms with Crippen molar-refractivity contribution in [3.63, 3.8) is 0 Å². The first kappa shape index (κ1) is 10.8. The van der Waals surface area contributed by atoms with E-state index >= 15 is 0 Å². The van der Waals surface area contributed by atoms with Gasteiger partial charge < -0.3 is 10.2 Å². The zero-order valence-corrected chi connectivity index (χ0v) is 7.92. The fourth-order valence-electron chi connectivity index (χ4n) is 0.632. The summed E-state index contributed by atoms with van der Waals surface area (Å²) in [5.74, 6) is -0.0123. The average Bonchev–Trinajstić information content (AvgIpc) is 2.12. The van der Waals surface area contributed by atoms with Gasteiger partial charge in [0.15, 0.2) is 0 Å². The molecule has 0 aliphatic heterocycles. The summed E-state index contributed by atoms with van der Waals surface area (Å²) in [6.07, 6.45) is 3.14. The fourth-order valence-corrected chi connectivity index (χ4v) is 0.632. The lowest BCUT2D eigenvalue weighted by Gasteiger charge is -2.11. The highest BCUT2D eigenvalue weighted by atomic mass is 16.2. The van der Waals surface area contributed by atoms with E-state index in [0.29, 0.717) is 6.54 Å². The van der Waals surface area contributed by atoms with Crippen molar-refractivity contribution in [3.8, 4) is 0 Å². The van der Waals surface area contributed by atoms with Crippen LogP contribution in [0.1, 0.15) is 6.92 Å². The van der Waals surface area contributed by atoms with Crippen molar-refractivity contribution < 1.29 is 4.79 Å². The lowest BCUT2D eigenvalue weighted by molar-refractivity contribution is -0.124. The first-order valence-corrected chi connectivity index (χ1v) is 3.92. The van der Waals surface area contributed by atoms with Crippen LogP contribution in [0.25, 0.3) is 0 Å². The molecule has 0 saturated heterocycles. The van der Waals surface area contributed by atoms with Gasteiger partial charge in [0.05, 0.1) is 0 Å². The third-order valence-electron chi connectivity index (χ3n) is 1.64. The first-order valence-electron chi connectivity index (χ1n) is 3.92. The van der Waals surface area contributed by atoms with E-state index in [0.717, 1.165) is 5.70 Å². The van der Waals surface area contributed by atoms with Gasteiger partial charge in [0.2, 0.25) is 5.91 Å². The molecule has 3 nitrogen and oxygen atoms in total. The van der Waals surface area contributed by atoms with Gasteiger partial charge in [-0.1, -0.05) is 6.58 Å². The van der Waals surface area contributed by atoms with Crippen molar-refractivity contribution in [1.29, 1.82) is 0 Å². The number of likely N-dealkylation sites (N-methyl/N-ethyl adjacent to an activating group) is 2. The van der Waals surface area contributed by atoms with Crippen molar-refractivity contribution in [2.45, 2.75) is 6.92 Å². The summed E-state index contributed by atoms with van der Waals surface area (Å²) >= 11 is 0. The van der Waals surface area contributed by atoms with Gasteiger partial charge in [0.1, 0.15) is 0 Å². The standard InChI is InChI=1S/C9H16N2O/c1-5-8(10-3)7-9(12)11(4)6-2/h5,7,10H,1,6H2,2-4H3/b8-7+.